The Morgan fingerprint density at radius 2 is 1.81 bits per heavy atom. The van der Waals surface area contributed by atoms with E-state index in [1.165, 1.54) is 44.9 Å². The molecule has 0 heterocycles. The number of rotatable bonds is 6. The Morgan fingerprint density at radius 3 is 2.48 bits per heavy atom. The monoisotopic (exact) mass is 430 g/mol. The largest absolute Gasteiger partial charge is 0.393 e. The third-order valence-corrected chi connectivity index (χ3v) is 11.3. The number of aliphatic hydroxyl groups excluding tert-OH is 1. The molecule has 0 saturated heterocycles. The van der Waals surface area contributed by atoms with Crippen LogP contribution in [0.1, 0.15) is 112 Å². The van der Waals surface area contributed by atoms with Crippen LogP contribution in [0.4, 0.5) is 0 Å². The Balaban J connectivity index is 1.47. The fourth-order valence-electron chi connectivity index (χ4n) is 9.34. The van der Waals surface area contributed by atoms with Crippen molar-refractivity contribution in [2.75, 3.05) is 0 Å². The summed E-state index contributed by atoms with van der Waals surface area (Å²) in [6.07, 6.45) is 16.0. The summed E-state index contributed by atoms with van der Waals surface area (Å²) in [6.45, 7) is 13.9. The average molecular weight is 431 g/mol. The van der Waals surface area contributed by atoms with Crippen molar-refractivity contribution in [3.8, 4) is 0 Å². The molecule has 4 aliphatic carbocycles. The van der Waals surface area contributed by atoms with E-state index < -0.39 is 5.60 Å². The van der Waals surface area contributed by atoms with Gasteiger partial charge in [-0.05, 0) is 118 Å². The Bertz CT molecular complexity index is 675. The molecular formula is C29H50O2. The van der Waals surface area contributed by atoms with Gasteiger partial charge in [0.1, 0.15) is 0 Å². The van der Waals surface area contributed by atoms with Gasteiger partial charge in [0.2, 0.25) is 0 Å². The van der Waals surface area contributed by atoms with Crippen LogP contribution in [-0.2, 0) is 0 Å². The van der Waals surface area contributed by atoms with Crippen molar-refractivity contribution in [2.45, 2.75) is 124 Å². The smallest absolute Gasteiger partial charge is 0.0619 e. The van der Waals surface area contributed by atoms with E-state index in [-0.39, 0.29) is 6.10 Å². The van der Waals surface area contributed by atoms with E-state index in [9.17, 15) is 10.2 Å². The van der Waals surface area contributed by atoms with E-state index in [1.807, 2.05) is 13.8 Å². The minimum absolute atomic E-state index is 0.0997. The zero-order valence-electron chi connectivity index (χ0n) is 21.3. The fourth-order valence-corrected chi connectivity index (χ4v) is 9.34. The summed E-state index contributed by atoms with van der Waals surface area (Å²) in [5.41, 5.74) is 1.90. The third kappa shape index (κ3) is 4.07. The maximum absolute atomic E-state index is 10.5. The molecule has 4 rings (SSSR count). The maximum Gasteiger partial charge on any atom is 0.0619 e. The summed E-state index contributed by atoms with van der Waals surface area (Å²) in [7, 11) is 0. The van der Waals surface area contributed by atoms with E-state index in [4.69, 9.17) is 0 Å². The first-order valence-corrected chi connectivity index (χ1v) is 13.6. The first kappa shape index (κ1) is 23.8. The van der Waals surface area contributed by atoms with Gasteiger partial charge in [-0.3, -0.25) is 0 Å². The molecule has 178 valence electrons. The van der Waals surface area contributed by atoms with E-state index in [0.29, 0.717) is 16.7 Å². The zero-order valence-corrected chi connectivity index (χ0v) is 21.3. The molecule has 0 radical (unpaired) electrons. The molecule has 3 unspecified atom stereocenters. The van der Waals surface area contributed by atoms with E-state index >= 15 is 0 Å². The van der Waals surface area contributed by atoms with Gasteiger partial charge < -0.3 is 10.2 Å². The molecule has 0 aromatic rings. The highest BCUT2D eigenvalue weighted by molar-refractivity contribution is 5.25. The SMILES string of the molecule is CC[C@@H](CC[C@@H](C)[C@H]1CCC2C3CC=C4C[C@@H](O)CC[C@]4(C)C3CC[C@@]21C)C(C)(C)O. The van der Waals surface area contributed by atoms with Crippen molar-refractivity contribution < 1.29 is 10.2 Å². The van der Waals surface area contributed by atoms with Gasteiger partial charge in [-0.25, -0.2) is 0 Å². The van der Waals surface area contributed by atoms with Gasteiger partial charge >= 0.3 is 0 Å². The standard InChI is InChI=1S/C29H50O2/c1-7-20(27(3,4)31)9-8-19(2)24-12-13-25-23-11-10-21-18-22(30)14-16-28(21,5)26(23)15-17-29(24,25)6/h10,19-20,22-26,30-31H,7-9,11-18H2,1-6H3/t19-,20+,22+,23?,24-,25?,26?,28+,29-/m1/s1. The maximum atomic E-state index is 10.5. The van der Waals surface area contributed by atoms with Crippen LogP contribution in [0, 0.1) is 46.3 Å². The minimum atomic E-state index is -0.552. The van der Waals surface area contributed by atoms with Crippen LogP contribution in [0.25, 0.3) is 0 Å². The second-order valence-electron chi connectivity index (χ2n) is 13.2. The van der Waals surface area contributed by atoms with Gasteiger partial charge in [-0.15, -0.1) is 0 Å². The summed E-state index contributed by atoms with van der Waals surface area (Å²) in [4.78, 5) is 0. The minimum Gasteiger partial charge on any atom is -0.393 e. The summed E-state index contributed by atoms with van der Waals surface area (Å²) >= 11 is 0. The lowest BCUT2D eigenvalue weighted by Crippen LogP contribution is -2.50. The molecule has 0 aromatic carbocycles. The fraction of sp³-hybridized carbons (Fsp3) is 0.931. The second kappa shape index (κ2) is 8.46. The predicted molar refractivity (Wildman–Crippen MR) is 130 cm³/mol. The van der Waals surface area contributed by atoms with Crippen molar-refractivity contribution >= 4 is 0 Å². The van der Waals surface area contributed by atoms with Crippen LogP contribution in [0.15, 0.2) is 11.6 Å². The van der Waals surface area contributed by atoms with Crippen molar-refractivity contribution in [1.29, 1.82) is 0 Å². The molecule has 3 saturated carbocycles. The molecule has 2 N–H and O–H groups in total. The first-order valence-electron chi connectivity index (χ1n) is 13.6. The number of hydrogen-bond acceptors (Lipinski definition) is 2. The lowest BCUT2D eigenvalue weighted by molar-refractivity contribution is -0.0584. The quantitative estimate of drug-likeness (QED) is 0.440. The molecule has 4 aliphatic rings. The predicted octanol–water partition coefficient (Wildman–Crippen LogP) is 7.14. The van der Waals surface area contributed by atoms with Crippen molar-refractivity contribution in [3.63, 3.8) is 0 Å². The van der Waals surface area contributed by atoms with E-state index in [2.05, 4.69) is 33.8 Å². The second-order valence-corrected chi connectivity index (χ2v) is 13.2. The van der Waals surface area contributed by atoms with Crippen LogP contribution in [0.3, 0.4) is 0 Å². The van der Waals surface area contributed by atoms with Gasteiger partial charge in [0.25, 0.3) is 0 Å². The molecule has 3 fully saturated rings. The Morgan fingerprint density at radius 1 is 1.06 bits per heavy atom. The van der Waals surface area contributed by atoms with Gasteiger partial charge in [-0.1, -0.05) is 52.2 Å². The highest BCUT2D eigenvalue weighted by Crippen LogP contribution is 2.67. The van der Waals surface area contributed by atoms with Crippen molar-refractivity contribution in [1.82, 2.24) is 0 Å². The number of hydrogen-bond donors (Lipinski definition) is 2. The summed E-state index contributed by atoms with van der Waals surface area (Å²) in [5.74, 6) is 4.62. The number of aliphatic hydroxyl groups is 2. The highest BCUT2D eigenvalue weighted by atomic mass is 16.3. The van der Waals surface area contributed by atoms with Crippen LogP contribution in [0.5, 0.6) is 0 Å². The summed E-state index contributed by atoms with van der Waals surface area (Å²) in [6, 6.07) is 0. The number of fused-ring (bicyclic) bond motifs is 5. The van der Waals surface area contributed by atoms with Crippen molar-refractivity contribution in [2.24, 2.45) is 46.3 Å². The summed E-state index contributed by atoms with van der Waals surface area (Å²) in [5, 5.41) is 20.8. The van der Waals surface area contributed by atoms with Gasteiger partial charge in [-0.2, -0.15) is 0 Å². The number of allylic oxidation sites excluding steroid dienone is 1. The van der Waals surface area contributed by atoms with Crippen LogP contribution in [-0.4, -0.2) is 21.9 Å². The molecule has 0 bridgehead atoms. The highest BCUT2D eigenvalue weighted by Gasteiger charge is 2.59. The lowest BCUT2D eigenvalue weighted by atomic mass is 9.47. The Labute approximate surface area is 192 Å². The Kier molecular flexibility index (Phi) is 6.50. The average Bonchev–Trinajstić information content (AvgIpc) is 3.05. The molecule has 0 amide bonds. The van der Waals surface area contributed by atoms with Crippen molar-refractivity contribution in [3.05, 3.63) is 11.6 Å². The molecule has 2 nitrogen and oxygen atoms in total. The topological polar surface area (TPSA) is 40.5 Å². The molecular weight excluding hydrogens is 380 g/mol. The lowest BCUT2D eigenvalue weighted by Gasteiger charge is -2.58. The molecule has 9 atom stereocenters. The normalized spacial score (nSPS) is 44.6. The zero-order chi connectivity index (χ0) is 22.6. The van der Waals surface area contributed by atoms with Crippen LogP contribution >= 0.6 is 0 Å². The van der Waals surface area contributed by atoms with Gasteiger partial charge in [0.05, 0.1) is 11.7 Å². The first-order chi connectivity index (χ1) is 14.5. The molecule has 0 aromatic heterocycles. The molecule has 31 heavy (non-hydrogen) atoms. The molecule has 2 heteroatoms. The van der Waals surface area contributed by atoms with Gasteiger partial charge in [0.15, 0.2) is 0 Å². The molecule has 0 spiro atoms. The summed E-state index contributed by atoms with van der Waals surface area (Å²) < 4.78 is 0. The van der Waals surface area contributed by atoms with Gasteiger partial charge in [0, 0.05) is 0 Å². The third-order valence-electron chi connectivity index (χ3n) is 11.3. The van der Waals surface area contributed by atoms with Crippen LogP contribution in [0.2, 0.25) is 0 Å². The molecule has 0 aliphatic heterocycles. The van der Waals surface area contributed by atoms with Crippen LogP contribution < -0.4 is 0 Å². The Hall–Kier alpha value is -0.340. The van der Waals surface area contributed by atoms with E-state index in [1.54, 1.807) is 5.57 Å². The van der Waals surface area contributed by atoms with E-state index in [0.717, 1.165) is 55.3 Å².